The van der Waals surface area contributed by atoms with Gasteiger partial charge in [-0.05, 0) is 50.2 Å². The number of ether oxygens (including phenoxy) is 1. The molecule has 2 rings (SSSR count). The predicted octanol–water partition coefficient (Wildman–Crippen LogP) is 3.73. The summed E-state index contributed by atoms with van der Waals surface area (Å²) in [6, 6.07) is 17.2. The molecule has 5 nitrogen and oxygen atoms in total. The number of amides is 2. The second kappa shape index (κ2) is 9.45. The van der Waals surface area contributed by atoms with Gasteiger partial charge in [0.2, 0.25) is 0 Å². The minimum atomic E-state index is -0.234. The van der Waals surface area contributed by atoms with E-state index in [2.05, 4.69) is 29.4 Å². The van der Waals surface area contributed by atoms with Crippen LogP contribution in [0.4, 0.5) is 16.2 Å². The number of hydrogen-bond acceptors (Lipinski definition) is 3. The van der Waals surface area contributed by atoms with Crippen molar-refractivity contribution in [2.24, 2.45) is 0 Å². The minimum Gasteiger partial charge on any atom is -0.492 e. The molecule has 2 amide bonds. The van der Waals surface area contributed by atoms with Gasteiger partial charge >= 0.3 is 6.03 Å². The van der Waals surface area contributed by atoms with Crippen LogP contribution in [0.25, 0.3) is 0 Å². The van der Waals surface area contributed by atoms with Crippen molar-refractivity contribution in [3.05, 3.63) is 54.6 Å². The lowest BCUT2D eigenvalue weighted by molar-refractivity contribution is 0.247. The fraction of sp³-hybridized carbons (Fsp3) is 0.316. The Bertz CT molecular complexity index is 610. The zero-order valence-electron chi connectivity index (χ0n) is 14.3. The Hall–Kier alpha value is -2.69. The number of carbonyl (C=O) groups is 1. The Labute approximate surface area is 143 Å². The topological polar surface area (TPSA) is 53.6 Å². The van der Waals surface area contributed by atoms with Crippen molar-refractivity contribution in [2.75, 3.05) is 36.5 Å². The van der Waals surface area contributed by atoms with Gasteiger partial charge in [0, 0.05) is 24.5 Å². The van der Waals surface area contributed by atoms with E-state index in [1.54, 1.807) is 0 Å². The molecule has 0 atom stereocenters. The molecule has 128 valence electrons. The van der Waals surface area contributed by atoms with Crippen LogP contribution in [0.2, 0.25) is 0 Å². The van der Waals surface area contributed by atoms with Gasteiger partial charge in [0.15, 0.2) is 0 Å². The molecular formula is C19H25N3O2. The first kappa shape index (κ1) is 17.7. The normalized spacial score (nSPS) is 10.1. The molecule has 0 bridgehead atoms. The average Bonchev–Trinajstić information content (AvgIpc) is 2.62. The quantitative estimate of drug-likeness (QED) is 0.726. The zero-order chi connectivity index (χ0) is 17.2. The van der Waals surface area contributed by atoms with E-state index in [4.69, 9.17) is 4.74 Å². The Balaban J connectivity index is 1.72. The highest BCUT2D eigenvalue weighted by atomic mass is 16.5. The van der Waals surface area contributed by atoms with E-state index < -0.39 is 0 Å². The Kier molecular flexibility index (Phi) is 6.95. The second-order valence-corrected chi connectivity index (χ2v) is 5.26. The average molecular weight is 327 g/mol. The number of benzene rings is 2. The molecule has 0 aliphatic rings. The van der Waals surface area contributed by atoms with Crippen LogP contribution in [0.3, 0.4) is 0 Å². The van der Waals surface area contributed by atoms with E-state index in [0.717, 1.165) is 30.2 Å². The molecule has 0 radical (unpaired) electrons. The van der Waals surface area contributed by atoms with Crippen LogP contribution in [0.5, 0.6) is 5.75 Å². The van der Waals surface area contributed by atoms with Crippen molar-refractivity contribution in [2.45, 2.75) is 13.8 Å². The van der Waals surface area contributed by atoms with Crippen molar-refractivity contribution in [3.63, 3.8) is 0 Å². The largest absolute Gasteiger partial charge is 0.492 e. The molecule has 0 aromatic heterocycles. The van der Waals surface area contributed by atoms with E-state index in [0.29, 0.717) is 13.2 Å². The van der Waals surface area contributed by atoms with Crippen molar-refractivity contribution >= 4 is 17.4 Å². The molecule has 0 saturated heterocycles. The van der Waals surface area contributed by atoms with E-state index in [-0.39, 0.29) is 6.03 Å². The van der Waals surface area contributed by atoms with Crippen molar-refractivity contribution < 1.29 is 9.53 Å². The van der Waals surface area contributed by atoms with Crippen LogP contribution >= 0.6 is 0 Å². The summed E-state index contributed by atoms with van der Waals surface area (Å²) < 4.78 is 5.53. The Morgan fingerprint density at radius 1 is 1.00 bits per heavy atom. The van der Waals surface area contributed by atoms with E-state index in [9.17, 15) is 4.79 Å². The smallest absolute Gasteiger partial charge is 0.319 e. The number of nitrogens with zero attached hydrogens (tertiary/aromatic N) is 1. The number of anilines is 2. The van der Waals surface area contributed by atoms with Crippen LogP contribution in [-0.4, -0.2) is 32.3 Å². The van der Waals surface area contributed by atoms with Gasteiger partial charge in [0.25, 0.3) is 0 Å². The molecule has 24 heavy (non-hydrogen) atoms. The minimum absolute atomic E-state index is 0.234. The second-order valence-electron chi connectivity index (χ2n) is 5.26. The summed E-state index contributed by atoms with van der Waals surface area (Å²) in [5.74, 6) is 0.798. The summed E-state index contributed by atoms with van der Waals surface area (Å²) >= 11 is 0. The lowest BCUT2D eigenvalue weighted by atomic mass is 10.2. The maximum atomic E-state index is 11.9. The van der Waals surface area contributed by atoms with Crippen LogP contribution in [0, 0.1) is 0 Å². The molecule has 2 aromatic carbocycles. The molecule has 0 aliphatic carbocycles. The van der Waals surface area contributed by atoms with Crippen LogP contribution in [0.15, 0.2) is 54.6 Å². The number of urea groups is 1. The molecule has 0 aliphatic heterocycles. The van der Waals surface area contributed by atoms with Gasteiger partial charge in [-0.3, -0.25) is 0 Å². The number of nitrogens with one attached hydrogen (secondary N) is 2. The lowest BCUT2D eigenvalue weighted by Crippen LogP contribution is -2.32. The van der Waals surface area contributed by atoms with Gasteiger partial charge in [-0.15, -0.1) is 0 Å². The van der Waals surface area contributed by atoms with Crippen molar-refractivity contribution in [1.29, 1.82) is 0 Å². The summed E-state index contributed by atoms with van der Waals surface area (Å²) in [4.78, 5) is 14.1. The summed E-state index contributed by atoms with van der Waals surface area (Å²) in [6.07, 6.45) is 0. The summed E-state index contributed by atoms with van der Waals surface area (Å²) in [7, 11) is 0. The van der Waals surface area contributed by atoms with E-state index in [1.807, 2.05) is 54.6 Å². The summed E-state index contributed by atoms with van der Waals surface area (Å²) in [5.41, 5.74) is 1.93. The fourth-order valence-electron chi connectivity index (χ4n) is 2.37. The van der Waals surface area contributed by atoms with E-state index >= 15 is 0 Å². The van der Waals surface area contributed by atoms with Gasteiger partial charge in [-0.1, -0.05) is 18.2 Å². The maximum absolute atomic E-state index is 11.9. The highest BCUT2D eigenvalue weighted by Crippen LogP contribution is 2.17. The molecule has 0 spiro atoms. The third kappa shape index (κ3) is 5.50. The zero-order valence-corrected chi connectivity index (χ0v) is 14.3. The molecular weight excluding hydrogens is 302 g/mol. The van der Waals surface area contributed by atoms with Gasteiger partial charge in [-0.25, -0.2) is 4.79 Å². The first-order valence-electron chi connectivity index (χ1n) is 8.30. The summed E-state index contributed by atoms with van der Waals surface area (Å²) in [6.45, 7) is 7.05. The Morgan fingerprint density at radius 3 is 2.29 bits per heavy atom. The van der Waals surface area contributed by atoms with Crippen molar-refractivity contribution in [3.8, 4) is 5.75 Å². The van der Waals surface area contributed by atoms with Crippen molar-refractivity contribution in [1.82, 2.24) is 5.32 Å². The highest BCUT2D eigenvalue weighted by molar-refractivity contribution is 5.89. The van der Waals surface area contributed by atoms with Gasteiger partial charge in [0.05, 0.1) is 6.54 Å². The first-order chi connectivity index (χ1) is 11.7. The SMILES string of the molecule is CCN(CC)c1ccc(NC(=O)NCCOc2ccccc2)cc1. The number of para-hydroxylation sites is 1. The molecule has 2 N–H and O–H groups in total. The third-order valence-electron chi connectivity index (χ3n) is 3.65. The lowest BCUT2D eigenvalue weighted by Gasteiger charge is -2.21. The Morgan fingerprint density at radius 2 is 1.67 bits per heavy atom. The molecule has 0 fully saturated rings. The van der Waals surface area contributed by atoms with Crippen LogP contribution < -0.4 is 20.3 Å². The number of hydrogen-bond donors (Lipinski definition) is 2. The monoisotopic (exact) mass is 327 g/mol. The molecule has 0 unspecified atom stereocenters. The maximum Gasteiger partial charge on any atom is 0.319 e. The molecule has 0 heterocycles. The number of carbonyl (C=O) groups excluding carboxylic acids is 1. The standard InChI is InChI=1S/C19H25N3O2/c1-3-22(4-2)17-12-10-16(11-13-17)21-19(23)20-14-15-24-18-8-6-5-7-9-18/h5-13H,3-4,14-15H2,1-2H3,(H2,20,21,23). The van der Waals surface area contributed by atoms with Gasteiger partial charge < -0.3 is 20.3 Å². The molecule has 2 aromatic rings. The van der Waals surface area contributed by atoms with E-state index in [1.165, 1.54) is 0 Å². The fourth-order valence-corrected chi connectivity index (χ4v) is 2.37. The molecule has 0 saturated carbocycles. The number of rotatable bonds is 8. The molecule has 5 heteroatoms. The van der Waals surface area contributed by atoms with Gasteiger partial charge in [-0.2, -0.15) is 0 Å². The predicted molar refractivity (Wildman–Crippen MR) is 99.0 cm³/mol. The van der Waals surface area contributed by atoms with Crippen LogP contribution in [-0.2, 0) is 0 Å². The first-order valence-corrected chi connectivity index (χ1v) is 8.30. The third-order valence-corrected chi connectivity index (χ3v) is 3.65. The summed E-state index contributed by atoms with van der Waals surface area (Å²) in [5, 5.41) is 5.59. The highest BCUT2D eigenvalue weighted by Gasteiger charge is 2.04. The van der Waals surface area contributed by atoms with Crippen LogP contribution in [0.1, 0.15) is 13.8 Å². The van der Waals surface area contributed by atoms with Gasteiger partial charge in [0.1, 0.15) is 12.4 Å².